The molecular formula is C10H25NO3Si2. The summed E-state index contributed by atoms with van der Waals surface area (Å²) in [6.07, 6.45) is 2.24. The van der Waals surface area contributed by atoms with E-state index in [1.165, 1.54) is 6.42 Å². The molecule has 0 unspecified atom stereocenters. The second-order valence-corrected chi connectivity index (χ2v) is 9.69. The van der Waals surface area contributed by atoms with Crippen molar-refractivity contribution in [3.8, 4) is 0 Å². The molecular weight excluding hydrogens is 238 g/mol. The molecule has 0 aromatic carbocycles. The highest BCUT2D eigenvalue weighted by molar-refractivity contribution is 6.65. The minimum Gasteiger partial charge on any atom is -0.418 e. The Labute approximate surface area is 103 Å². The van der Waals surface area contributed by atoms with Gasteiger partial charge in [-0.3, -0.25) is 4.57 Å². The SMILES string of the molecule is CO[Si]1(OC)CCCN1C[SiH2]OC(C)(C)C. The normalized spacial score (nSPS) is 22.3. The Balaban J connectivity index is 2.41. The van der Waals surface area contributed by atoms with E-state index in [2.05, 4.69) is 25.3 Å². The molecule has 0 aliphatic carbocycles. The van der Waals surface area contributed by atoms with Gasteiger partial charge >= 0.3 is 8.72 Å². The van der Waals surface area contributed by atoms with Crippen LogP contribution < -0.4 is 0 Å². The smallest absolute Gasteiger partial charge is 0.418 e. The molecule has 1 rings (SSSR count). The maximum Gasteiger partial charge on any atom is 0.427 e. The fourth-order valence-corrected chi connectivity index (χ4v) is 7.41. The van der Waals surface area contributed by atoms with Crippen molar-refractivity contribution in [2.75, 3.05) is 26.9 Å². The van der Waals surface area contributed by atoms with Gasteiger partial charge < -0.3 is 13.3 Å². The standard InChI is InChI=1S/C10H25NO3Si2/c1-10(2,3)14-15-9-11-7-6-8-16(11,12-4)13-5/h6-9,15H2,1-5H3. The first-order chi connectivity index (χ1) is 7.43. The first-order valence-corrected chi connectivity index (χ1v) is 9.48. The van der Waals surface area contributed by atoms with Gasteiger partial charge in [-0.25, -0.2) is 0 Å². The van der Waals surface area contributed by atoms with Crippen LogP contribution in [-0.2, 0) is 13.3 Å². The van der Waals surface area contributed by atoms with Crippen LogP contribution in [-0.4, -0.2) is 55.6 Å². The van der Waals surface area contributed by atoms with Crippen LogP contribution >= 0.6 is 0 Å². The van der Waals surface area contributed by atoms with E-state index in [0.717, 1.165) is 18.8 Å². The molecule has 0 spiro atoms. The molecule has 1 aliphatic heterocycles. The fraction of sp³-hybridized carbons (Fsp3) is 1.00. The highest BCUT2D eigenvalue weighted by Gasteiger charge is 2.47. The van der Waals surface area contributed by atoms with E-state index in [9.17, 15) is 0 Å². The summed E-state index contributed by atoms with van der Waals surface area (Å²) < 4.78 is 19.6. The maximum atomic E-state index is 5.88. The van der Waals surface area contributed by atoms with Gasteiger partial charge in [0.25, 0.3) is 0 Å². The van der Waals surface area contributed by atoms with Gasteiger partial charge in [-0.05, 0) is 33.7 Å². The minimum absolute atomic E-state index is 0.00367. The Bertz CT molecular complexity index is 217. The lowest BCUT2D eigenvalue weighted by Crippen LogP contribution is -2.54. The molecule has 0 amide bonds. The van der Waals surface area contributed by atoms with Gasteiger partial charge in [0.1, 0.15) is 0 Å². The molecule has 1 saturated heterocycles. The lowest BCUT2D eigenvalue weighted by Gasteiger charge is -2.32. The van der Waals surface area contributed by atoms with Crippen LogP contribution in [0.4, 0.5) is 0 Å². The summed E-state index contributed by atoms with van der Waals surface area (Å²) >= 11 is 0. The summed E-state index contributed by atoms with van der Waals surface area (Å²) in [5.41, 5.74) is -0.00367. The second kappa shape index (κ2) is 5.74. The Hall–Kier alpha value is 0.274. The van der Waals surface area contributed by atoms with Crippen molar-refractivity contribution in [1.29, 1.82) is 0 Å². The molecule has 16 heavy (non-hydrogen) atoms. The largest absolute Gasteiger partial charge is 0.427 e. The van der Waals surface area contributed by atoms with Crippen LogP contribution in [0, 0.1) is 0 Å². The van der Waals surface area contributed by atoms with Crippen molar-refractivity contribution >= 4 is 18.5 Å². The van der Waals surface area contributed by atoms with E-state index < -0.39 is 18.5 Å². The van der Waals surface area contributed by atoms with E-state index in [4.69, 9.17) is 13.3 Å². The zero-order valence-electron chi connectivity index (χ0n) is 11.2. The Morgan fingerprint density at radius 3 is 2.38 bits per heavy atom. The van der Waals surface area contributed by atoms with Crippen LogP contribution in [0.1, 0.15) is 27.2 Å². The third-order valence-corrected chi connectivity index (χ3v) is 8.85. The first kappa shape index (κ1) is 14.3. The van der Waals surface area contributed by atoms with Crippen LogP contribution in [0.2, 0.25) is 6.04 Å². The number of rotatable bonds is 5. The zero-order chi connectivity index (χ0) is 12.2. The highest BCUT2D eigenvalue weighted by atomic mass is 28.4. The molecule has 4 nitrogen and oxygen atoms in total. The predicted molar refractivity (Wildman–Crippen MR) is 70.2 cm³/mol. The summed E-state index contributed by atoms with van der Waals surface area (Å²) in [4.78, 5) is 0. The summed E-state index contributed by atoms with van der Waals surface area (Å²) in [6.45, 7) is 7.44. The second-order valence-electron chi connectivity index (χ2n) is 5.17. The molecule has 0 bridgehead atoms. The van der Waals surface area contributed by atoms with Gasteiger partial charge in [-0.2, -0.15) is 0 Å². The number of nitrogens with zero attached hydrogens (tertiary/aromatic N) is 1. The van der Waals surface area contributed by atoms with Gasteiger partial charge in [0.15, 0.2) is 9.76 Å². The van der Waals surface area contributed by atoms with E-state index in [1.54, 1.807) is 14.2 Å². The average Bonchev–Trinajstić information content (AvgIpc) is 2.60. The lowest BCUT2D eigenvalue weighted by atomic mass is 10.2. The molecule has 1 heterocycles. The zero-order valence-corrected chi connectivity index (χ0v) is 13.6. The van der Waals surface area contributed by atoms with Gasteiger partial charge in [-0.1, -0.05) is 0 Å². The molecule has 1 aliphatic rings. The summed E-state index contributed by atoms with van der Waals surface area (Å²) in [5.74, 6) is 0. The molecule has 0 radical (unpaired) electrons. The molecule has 1 fully saturated rings. The van der Waals surface area contributed by atoms with E-state index >= 15 is 0 Å². The van der Waals surface area contributed by atoms with Crippen molar-refractivity contribution in [3.05, 3.63) is 0 Å². The summed E-state index contributed by atoms with van der Waals surface area (Å²) in [6, 6.07) is 1.09. The topological polar surface area (TPSA) is 30.9 Å². The molecule has 0 aromatic heterocycles. The summed E-state index contributed by atoms with van der Waals surface area (Å²) in [7, 11) is 1.03. The summed E-state index contributed by atoms with van der Waals surface area (Å²) in [5, 5.41) is 0. The predicted octanol–water partition coefficient (Wildman–Crippen LogP) is 0.780. The quantitative estimate of drug-likeness (QED) is 0.686. The Kier molecular flexibility index (Phi) is 5.15. The van der Waals surface area contributed by atoms with Crippen LogP contribution in [0.25, 0.3) is 0 Å². The molecule has 6 heteroatoms. The van der Waals surface area contributed by atoms with Crippen LogP contribution in [0.15, 0.2) is 0 Å². The third kappa shape index (κ3) is 3.64. The Morgan fingerprint density at radius 1 is 1.25 bits per heavy atom. The Morgan fingerprint density at radius 2 is 1.88 bits per heavy atom. The monoisotopic (exact) mass is 263 g/mol. The number of hydrogen-bond donors (Lipinski definition) is 0. The first-order valence-electron chi connectivity index (χ1n) is 5.93. The molecule has 0 N–H and O–H groups in total. The van der Waals surface area contributed by atoms with Crippen LogP contribution in [0.3, 0.4) is 0 Å². The van der Waals surface area contributed by atoms with Gasteiger partial charge in [0.05, 0.1) is 0 Å². The van der Waals surface area contributed by atoms with Crippen molar-refractivity contribution in [3.63, 3.8) is 0 Å². The number of hydrogen-bond acceptors (Lipinski definition) is 4. The van der Waals surface area contributed by atoms with Crippen LogP contribution in [0.5, 0.6) is 0 Å². The maximum absolute atomic E-state index is 5.88. The van der Waals surface area contributed by atoms with E-state index in [-0.39, 0.29) is 5.60 Å². The third-order valence-electron chi connectivity index (χ3n) is 2.94. The van der Waals surface area contributed by atoms with Crippen molar-refractivity contribution in [1.82, 2.24) is 4.57 Å². The minimum atomic E-state index is -2.02. The fourth-order valence-electron chi connectivity index (χ4n) is 2.11. The highest BCUT2D eigenvalue weighted by Crippen LogP contribution is 2.26. The van der Waals surface area contributed by atoms with Gasteiger partial charge in [0.2, 0.25) is 0 Å². The van der Waals surface area contributed by atoms with Gasteiger partial charge in [0, 0.05) is 32.0 Å². The van der Waals surface area contributed by atoms with E-state index in [0.29, 0.717) is 0 Å². The molecule has 0 saturated carbocycles. The van der Waals surface area contributed by atoms with E-state index in [1.807, 2.05) is 0 Å². The molecule has 0 aromatic rings. The van der Waals surface area contributed by atoms with Crippen molar-refractivity contribution in [2.24, 2.45) is 0 Å². The molecule has 0 atom stereocenters. The average molecular weight is 263 g/mol. The lowest BCUT2D eigenvalue weighted by molar-refractivity contribution is 0.131. The van der Waals surface area contributed by atoms with Gasteiger partial charge in [-0.15, -0.1) is 0 Å². The molecule has 96 valence electrons. The van der Waals surface area contributed by atoms with Crippen molar-refractivity contribution in [2.45, 2.75) is 38.8 Å². The van der Waals surface area contributed by atoms with Crippen molar-refractivity contribution < 1.29 is 13.3 Å².